The average Bonchev–Trinajstić information content (AvgIpc) is 2.57. The molecule has 0 aliphatic carbocycles. The molecule has 0 unspecified atom stereocenters. The standard InChI is InChI=1S/C19H23N4O/c1-13-9-14(2)18(21-10-13)22-5-7-23(8-6-22)19(24)17-12-20-11-15(3)16(17)4/h9-12H,4-8H2,1-3H3. The van der Waals surface area contributed by atoms with Gasteiger partial charge in [0.25, 0.3) is 5.91 Å². The Morgan fingerprint density at radius 2 is 1.75 bits per heavy atom. The number of aryl methyl sites for hydroxylation is 3. The van der Waals surface area contributed by atoms with Crippen molar-refractivity contribution in [2.75, 3.05) is 31.1 Å². The molecule has 1 radical (unpaired) electrons. The van der Waals surface area contributed by atoms with Crippen molar-refractivity contribution in [2.24, 2.45) is 0 Å². The van der Waals surface area contributed by atoms with Gasteiger partial charge in [-0.3, -0.25) is 9.78 Å². The minimum atomic E-state index is 0.0180. The summed E-state index contributed by atoms with van der Waals surface area (Å²) in [6.45, 7) is 13.0. The van der Waals surface area contributed by atoms with Crippen molar-refractivity contribution in [2.45, 2.75) is 20.8 Å². The van der Waals surface area contributed by atoms with Crippen molar-refractivity contribution in [1.82, 2.24) is 14.9 Å². The third-order valence-corrected chi connectivity index (χ3v) is 4.56. The summed E-state index contributed by atoms with van der Waals surface area (Å²) in [7, 11) is 0. The first-order valence-electron chi connectivity index (χ1n) is 8.21. The molecule has 5 heteroatoms. The molecular formula is C19H23N4O. The fourth-order valence-electron chi connectivity index (χ4n) is 3.11. The number of pyridine rings is 2. The number of nitrogens with zero attached hydrogens (tertiary/aromatic N) is 4. The van der Waals surface area contributed by atoms with E-state index in [1.54, 1.807) is 12.4 Å². The van der Waals surface area contributed by atoms with Crippen LogP contribution < -0.4 is 4.90 Å². The molecule has 3 heterocycles. The molecule has 0 aromatic carbocycles. The molecule has 0 N–H and O–H groups in total. The van der Waals surface area contributed by atoms with Gasteiger partial charge in [-0.1, -0.05) is 6.07 Å². The lowest BCUT2D eigenvalue weighted by Gasteiger charge is -2.36. The summed E-state index contributed by atoms with van der Waals surface area (Å²) in [6, 6.07) is 2.15. The van der Waals surface area contributed by atoms with Gasteiger partial charge in [0.15, 0.2) is 0 Å². The van der Waals surface area contributed by atoms with E-state index in [2.05, 4.69) is 34.8 Å². The van der Waals surface area contributed by atoms with E-state index in [0.717, 1.165) is 30.0 Å². The van der Waals surface area contributed by atoms with Crippen LogP contribution in [0, 0.1) is 27.7 Å². The van der Waals surface area contributed by atoms with Gasteiger partial charge in [-0.15, -0.1) is 0 Å². The van der Waals surface area contributed by atoms with E-state index in [-0.39, 0.29) is 5.91 Å². The summed E-state index contributed by atoms with van der Waals surface area (Å²) >= 11 is 0. The van der Waals surface area contributed by atoms with Crippen LogP contribution in [-0.4, -0.2) is 47.0 Å². The van der Waals surface area contributed by atoms with Gasteiger partial charge in [0.05, 0.1) is 5.56 Å². The van der Waals surface area contributed by atoms with Crippen LogP contribution in [0.3, 0.4) is 0 Å². The molecule has 24 heavy (non-hydrogen) atoms. The number of anilines is 1. The highest BCUT2D eigenvalue weighted by Crippen LogP contribution is 2.21. The number of carbonyl (C=O) groups is 1. The number of aromatic nitrogens is 2. The van der Waals surface area contributed by atoms with E-state index in [9.17, 15) is 4.79 Å². The molecule has 1 fully saturated rings. The van der Waals surface area contributed by atoms with Crippen LogP contribution in [-0.2, 0) is 0 Å². The Kier molecular flexibility index (Phi) is 4.51. The van der Waals surface area contributed by atoms with Crippen molar-refractivity contribution < 1.29 is 4.79 Å². The number of hydrogen-bond donors (Lipinski definition) is 0. The highest BCUT2D eigenvalue weighted by molar-refractivity contribution is 5.96. The molecule has 0 bridgehead atoms. The molecule has 125 valence electrons. The van der Waals surface area contributed by atoms with Crippen LogP contribution in [0.5, 0.6) is 0 Å². The van der Waals surface area contributed by atoms with Gasteiger partial charge >= 0.3 is 0 Å². The van der Waals surface area contributed by atoms with Crippen LogP contribution in [0.15, 0.2) is 24.7 Å². The minimum absolute atomic E-state index is 0.0180. The monoisotopic (exact) mass is 323 g/mol. The summed E-state index contributed by atoms with van der Waals surface area (Å²) in [5.41, 5.74) is 4.67. The number of rotatable bonds is 2. The summed E-state index contributed by atoms with van der Waals surface area (Å²) in [5, 5.41) is 0. The van der Waals surface area contributed by atoms with Crippen molar-refractivity contribution in [3.8, 4) is 0 Å². The smallest absolute Gasteiger partial charge is 0.255 e. The largest absolute Gasteiger partial charge is 0.353 e. The Labute approximate surface area is 143 Å². The van der Waals surface area contributed by atoms with E-state index in [1.807, 2.05) is 24.9 Å². The van der Waals surface area contributed by atoms with E-state index in [4.69, 9.17) is 0 Å². The molecule has 5 nitrogen and oxygen atoms in total. The van der Waals surface area contributed by atoms with Gasteiger partial charge in [0.1, 0.15) is 5.82 Å². The molecule has 2 aromatic rings. The third kappa shape index (κ3) is 3.11. The molecule has 0 atom stereocenters. The van der Waals surface area contributed by atoms with Crippen molar-refractivity contribution in [3.63, 3.8) is 0 Å². The summed E-state index contributed by atoms with van der Waals surface area (Å²) < 4.78 is 0. The zero-order chi connectivity index (χ0) is 17.3. The van der Waals surface area contributed by atoms with Gasteiger partial charge in [0, 0.05) is 44.8 Å². The third-order valence-electron chi connectivity index (χ3n) is 4.56. The highest BCUT2D eigenvalue weighted by Gasteiger charge is 2.25. The van der Waals surface area contributed by atoms with E-state index < -0.39 is 0 Å². The number of hydrogen-bond acceptors (Lipinski definition) is 4. The highest BCUT2D eigenvalue weighted by atomic mass is 16.2. The van der Waals surface area contributed by atoms with Crippen molar-refractivity contribution in [3.05, 3.63) is 59.4 Å². The maximum Gasteiger partial charge on any atom is 0.255 e. The van der Waals surface area contributed by atoms with E-state index >= 15 is 0 Å². The first kappa shape index (κ1) is 16.4. The molecule has 1 aliphatic rings. The molecular weight excluding hydrogens is 300 g/mol. The lowest BCUT2D eigenvalue weighted by Crippen LogP contribution is -2.49. The topological polar surface area (TPSA) is 49.3 Å². The predicted molar refractivity (Wildman–Crippen MR) is 95.3 cm³/mol. The molecule has 3 rings (SSSR count). The first-order valence-corrected chi connectivity index (χ1v) is 8.21. The molecule has 1 saturated heterocycles. The lowest BCUT2D eigenvalue weighted by molar-refractivity contribution is 0.0745. The van der Waals surface area contributed by atoms with Crippen molar-refractivity contribution in [1.29, 1.82) is 0 Å². The molecule has 0 spiro atoms. The Morgan fingerprint density at radius 3 is 2.42 bits per heavy atom. The van der Waals surface area contributed by atoms with Crippen LogP contribution in [0.2, 0.25) is 0 Å². The van der Waals surface area contributed by atoms with E-state index in [0.29, 0.717) is 18.7 Å². The molecule has 2 aromatic heterocycles. The average molecular weight is 323 g/mol. The SMILES string of the molecule is [CH2]c1c(C)cncc1C(=O)N1CCN(c2ncc(C)cc2C)CC1. The lowest BCUT2D eigenvalue weighted by atomic mass is 10.1. The van der Waals surface area contributed by atoms with Gasteiger partial charge in [0.2, 0.25) is 0 Å². The maximum absolute atomic E-state index is 12.7. The second-order valence-corrected chi connectivity index (χ2v) is 6.41. The van der Waals surface area contributed by atoms with Gasteiger partial charge in [-0.25, -0.2) is 4.98 Å². The van der Waals surface area contributed by atoms with Crippen LogP contribution in [0.1, 0.15) is 32.6 Å². The minimum Gasteiger partial charge on any atom is -0.353 e. The summed E-state index contributed by atoms with van der Waals surface area (Å²) in [4.78, 5) is 25.6. The zero-order valence-corrected chi connectivity index (χ0v) is 14.5. The Bertz CT molecular complexity index is 764. The number of carbonyl (C=O) groups excluding carboxylic acids is 1. The van der Waals surface area contributed by atoms with Gasteiger partial charge in [-0.2, -0.15) is 0 Å². The van der Waals surface area contributed by atoms with E-state index in [1.165, 1.54) is 11.1 Å². The van der Waals surface area contributed by atoms with Crippen LogP contribution in [0.25, 0.3) is 0 Å². The van der Waals surface area contributed by atoms with Gasteiger partial charge in [-0.05, 0) is 49.9 Å². The predicted octanol–water partition coefficient (Wildman–Crippen LogP) is 2.55. The quantitative estimate of drug-likeness (QED) is 0.852. The maximum atomic E-state index is 12.7. The molecule has 1 aliphatic heterocycles. The second kappa shape index (κ2) is 6.59. The van der Waals surface area contributed by atoms with Gasteiger partial charge < -0.3 is 9.80 Å². The Hall–Kier alpha value is -2.43. The zero-order valence-electron chi connectivity index (χ0n) is 14.5. The summed E-state index contributed by atoms with van der Waals surface area (Å²) in [6.07, 6.45) is 5.26. The number of piperazine rings is 1. The van der Waals surface area contributed by atoms with Crippen LogP contribution in [0.4, 0.5) is 5.82 Å². The fraction of sp³-hybridized carbons (Fsp3) is 0.368. The second-order valence-electron chi connectivity index (χ2n) is 6.41. The number of amides is 1. The fourth-order valence-corrected chi connectivity index (χ4v) is 3.11. The molecule has 1 amide bonds. The Balaban J connectivity index is 1.71. The normalized spacial score (nSPS) is 14.8. The van der Waals surface area contributed by atoms with Crippen molar-refractivity contribution >= 4 is 11.7 Å². The Morgan fingerprint density at radius 1 is 1.04 bits per heavy atom. The van der Waals surface area contributed by atoms with Crippen LogP contribution >= 0.6 is 0 Å². The molecule has 0 saturated carbocycles. The summed E-state index contributed by atoms with van der Waals surface area (Å²) in [5.74, 6) is 1.03. The first-order chi connectivity index (χ1) is 11.5.